The van der Waals surface area contributed by atoms with Gasteiger partial charge in [-0.15, -0.1) is 0 Å². The molecule has 1 aliphatic heterocycles. The van der Waals surface area contributed by atoms with Crippen LogP contribution in [0.4, 0.5) is 0 Å². The Balaban J connectivity index is 2.04. The first-order valence-electron chi connectivity index (χ1n) is 9.03. The Morgan fingerprint density at radius 2 is 1.59 bits per heavy atom. The molecule has 27 heavy (non-hydrogen) atoms. The van der Waals surface area contributed by atoms with Crippen LogP contribution in [0.25, 0.3) is 0 Å². The van der Waals surface area contributed by atoms with E-state index >= 15 is 0 Å². The SMILES string of the molecule is CCOC(=O)[C@@H]1OC(OCC)N(C(=O)c2ccccc2)C1c1ccccc1. The van der Waals surface area contributed by atoms with Crippen molar-refractivity contribution in [2.45, 2.75) is 32.4 Å². The lowest BCUT2D eigenvalue weighted by molar-refractivity contribution is -0.188. The van der Waals surface area contributed by atoms with Crippen LogP contribution in [0.15, 0.2) is 60.7 Å². The number of ether oxygens (including phenoxy) is 3. The molecule has 0 spiro atoms. The van der Waals surface area contributed by atoms with Gasteiger partial charge in [0.15, 0.2) is 6.10 Å². The van der Waals surface area contributed by atoms with E-state index < -0.39 is 24.5 Å². The molecule has 0 bridgehead atoms. The summed E-state index contributed by atoms with van der Waals surface area (Å²) in [6.45, 7) is 4.10. The molecule has 1 aliphatic rings. The molecule has 2 unspecified atom stereocenters. The normalized spacial score (nSPS) is 21.9. The number of carbonyl (C=O) groups is 2. The molecule has 0 N–H and O–H groups in total. The lowest BCUT2D eigenvalue weighted by Gasteiger charge is -2.28. The summed E-state index contributed by atoms with van der Waals surface area (Å²) >= 11 is 0. The molecule has 0 aromatic heterocycles. The van der Waals surface area contributed by atoms with E-state index in [-0.39, 0.29) is 12.5 Å². The van der Waals surface area contributed by atoms with Crippen molar-refractivity contribution in [3.05, 3.63) is 71.8 Å². The minimum atomic E-state index is -0.970. The molecule has 3 rings (SSSR count). The highest BCUT2D eigenvalue weighted by Gasteiger charge is 2.50. The zero-order valence-corrected chi connectivity index (χ0v) is 15.4. The molecular formula is C21H23NO5. The van der Waals surface area contributed by atoms with Crippen molar-refractivity contribution < 1.29 is 23.8 Å². The van der Waals surface area contributed by atoms with Crippen molar-refractivity contribution in [1.82, 2.24) is 4.90 Å². The molecule has 0 radical (unpaired) electrons. The Bertz CT molecular complexity index is 765. The van der Waals surface area contributed by atoms with E-state index in [2.05, 4.69) is 0 Å². The smallest absolute Gasteiger partial charge is 0.337 e. The van der Waals surface area contributed by atoms with Gasteiger partial charge in [0.1, 0.15) is 0 Å². The highest BCUT2D eigenvalue weighted by Crippen LogP contribution is 2.38. The number of hydrogen-bond donors (Lipinski definition) is 0. The molecule has 0 saturated carbocycles. The van der Waals surface area contributed by atoms with Crippen LogP contribution in [0.5, 0.6) is 0 Å². The second-order valence-corrected chi connectivity index (χ2v) is 6.01. The number of rotatable bonds is 6. The molecule has 6 nitrogen and oxygen atoms in total. The molecule has 2 aromatic rings. The van der Waals surface area contributed by atoms with Gasteiger partial charge >= 0.3 is 5.97 Å². The molecule has 1 fully saturated rings. The van der Waals surface area contributed by atoms with Gasteiger partial charge in [-0.1, -0.05) is 48.5 Å². The summed E-state index contributed by atoms with van der Waals surface area (Å²) in [6.07, 6.45) is -1.93. The van der Waals surface area contributed by atoms with Gasteiger partial charge in [-0.05, 0) is 31.5 Å². The predicted molar refractivity (Wildman–Crippen MR) is 98.7 cm³/mol. The highest BCUT2D eigenvalue weighted by molar-refractivity contribution is 5.95. The third kappa shape index (κ3) is 4.02. The molecule has 0 aliphatic carbocycles. The van der Waals surface area contributed by atoms with Gasteiger partial charge in [-0.3, -0.25) is 9.69 Å². The summed E-state index contributed by atoms with van der Waals surface area (Å²) in [4.78, 5) is 27.3. The van der Waals surface area contributed by atoms with Gasteiger partial charge in [0.05, 0.1) is 12.6 Å². The lowest BCUT2D eigenvalue weighted by atomic mass is 10.00. The second-order valence-electron chi connectivity index (χ2n) is 6.01. The fourth-order valence-electron chi connectivity index (χ4n) is 3.15. The van der Waals surface area contributed by atoms with Crippen LogP contribution in [0.2, 0.25) is 0 Å². The average molecular weight is 369 g/mol. The van der Waals surface area contributed by atoms with Crippen molar-refractivity contribution in [3.63, 3.8) is 0 Å². The largest absolute Gasteiger partial charge is 0.464 e. The number of hydrogen-bond acceptors (Lipinski definition) is 5. The molecule has 1 saturated heterocycles. The van der Waals surface area contributed by atoms with Crippen LogP contribution < -0.4 is 0 Å². The average Bonchev–Trinajstić information content (AvgIpc) is 3.08. The van der Waals surface area contributed by atoms with Crippen LogP contribution in [-0.4, -0.2) is 42.5 Å². The first-order chi connectivity index (χ1) is 13.2. The number of nitrogens with zero attached hydrogens (tertiary/aromatic N) is 1. The number of amides is 1. The van der Waals surface area contributed by atoms with Crippen molar-refractivity contribution in [2.24, 2.45) is 0 Å². The molecule has 6 heteroatoms. The zero-order chi connectivity index (χ0) is 19.2. The molecule has 3 atom stereocenters. The molecule has 1 amide bonds. The van der Waals surface area contributed by atoms with Crippen molar-refractivity contribution >= 4 is 11.9 Å². The number of carbonyl (C=O) groups excluding carboxylic acids is 2. The van der Waals surface area contributed by atoms with Crippen LogP contribution in [-0.2, 0) is 19.0 Å². The molecule has 2 aromatic carbocycles. The van der Waals surface area contributed by atoms with E-state index in [9.17, 15) is 9.59 Å². The number of benzene rings is 2. The van der Waals surface area contributed by atoms with E-state index in [4.69, 9.17) is 14.2 Å². The van der Waals surface area contributed by atoms with Gasteiger partial charge in [0.25, 0.3) is 5.91 Å². The topological polar surface area (TPSA) is 65.1 Å². The quantitative estimate of drug-likeness (QED) is 0.732. The Hall–Kier alpha value is -2.70. The Morgan fingerprint density at radius 3 is 2.19 bits per heavy atom. The third-order valence-electron chi connectivity index (χ3n) is 4.30. The first-order valence-corrected chi connectivity index (χ1v) is 9.03. The van der Waals surface area contributed by atoms with Gasteiger partial charge in [-0.2, -0.15) is 0 Å². The highest BCUT2D eigenvalue weighted by atomic mass is 16.7. The zero-order valence-electron chi connectivity index (χ0n) is 15.4. The van der Waals surface area contributed by atoms with Crippen molar-refractivity contribution in [1.29, 1.82) is 0 Å². The lowest BCUT2D eigenvalue weighted by Crippen LogP contribution is -2.40. The monoisotopic (exact) mass is 369 g/mol. The fraction of sp³-hybridized carbons (Fsp3) is 0.333. The summed E-state index contributed by atoms with van der Waals surface area (Å²) in [5, 5.41) is 0. The summed E-state index contributed by atoms with van der Waals surface area (Å²) in [5.41, 5.74) is 1.28. The van der Waals surface area contributed by atoms with Crippen molar-refractivity contribution in [3.8, 4) is 0 Å². The Morgan fingerprint density at radius 1 is 0.963 bits per heavy atom. The fourth-order valence-corrected chi connectivity index (χ4v) is 3.15. The third-order valence-corrected chi connectivity index (χ3v) is 4.30. The summed E-state index contributed by atoms with van der Waals surface area (Å²) in [7, 11) is 0. The van der Waals surface area contributed by atoms with E-state index in [1.54, 1.807) is 31.2 Å². The van der Waals surface area contributed by atoms with Gasteiger partial charge < -0.3 is 14.2 Å². The molecule has 142 valence electrons. The van der Waals surface area contributed by atoms with Crippen LogP contribution in [0, 0.1) is 0 Å². The van der Waals surface area contributed by atoms with Gasteiger partial charge in [0, 0.05) is 12.2 Å². The maximum absolute atomic E-state index is 13.3. The summed E-state index contributed by atoms with van der Waals surface area (Å²) in [5.74, 6) is -0.783. The molecule has 1 heterocycles. The van der Waals surface area contributed by atoms with Crippen molar-refractivity contribution in [2.75, 3.05) is 13.2 Å². The second kappa shape index (κ2) is 8.79. The van der Waals surface area contributed by atoms with Crippen LogP contribution in [0.3, 0.4) is 0 Å². The predicted octanol–water partition coefficient (Wildman–Crippen LogP) is 3.15. The van der Waals surface area contributed by atoms with Crippen LogP contribution >= 0.6 is 0 Å². The standard InChI is InChI=1S/C21H23NO5/c1-3-25-20(24)18-17(15-11-7-5-8-12-15)22(21(27-18)26-4-2)19(23)16-13-9-6-10-14-16/h5-14,17-18,21H,3-4H2,1-2H3/t17?,18-,21?/m1/s1. The van der Waals surface area contributed by atoms with E-state index in [1.165, 1.54) is 4.90 Å². The maximum atomic E-state index is 13.3. The Labute approximate surface area is 158 Å². The first kappa shape index (κ1) is 19.1. The minimum Gasteiger partial charge on any atom is -0.464 e. The maximum Gasteiger partial charge on any atom is 0.337 e. The number of esters is 1. The van der Waals surface area contributed by atoms with Gasteiger partial charge in [-0.25, -0.2) is 4.79 Å². The van der Waals surface area contributed by atoms with E-state index in [1.807, 2.05) is 43.3 Å². The Kier molecular flexibility index (Phi) is 6.21. The van der Waals surface area contributed by atoms with Gasteiger partial charge in [0.2, 0.25) is 6.41 Å². The van der Waals surface area contributed by atoms with Crippen LogP contribution in [0.1, 0.15) is 35.8 Å². The molecular weight excluding hydrogens is 346 g/mol. The minimum absolute atomic E-state index is 0.228. The van der Waals surface area contributed by atoms with E-state index in [0.29, 0.717) is 12.2 Å². The summed E-state index contributed by atoms with van der Waals surface area (Å²) < 4.78 is 16.7. The van der Waals surface area contributed by atoms with E-state index in [0.717, 1.165) is 5.56 Å². The summed E-state index contributed by atoms with van der Waals surface area (Å²) in [6, 6.07) is 17.5.